The number of cyclic esters (lactones) is 1. The Morgan fingerprint density at radius 1 is 1.43 bits per heavy atom. The van der Waals surface area contributed by atoms with Gasteiger partial charge in [0.05, 0.1) is 5.56 Å². The lowest BCUT2D eigenvalue weighted by Crippen LogP contribution is -2.07. The summed E-state index contributed by atoms with van der Waals surface area (Å²) in [4.78, 5) is 21.9. The third kappa shape index (κ3) is 1.35. The molecule has 0 spiro atoms. The molecule has 14 heavy (non-hydrogen) atoms. The van der Waals surface area contributed by atoms with E-state index in [2.05, 4.69) is 0 Å². The second kappa shape index (κ2) is 3.14. The molecule has 0 aliphatic carbocycles. The van der Waals surface area contributed by atoms with E-state index in [1.165, 1.54) is 6.92 Å². The van der Waals surface area contributed by atoms with Crippen LogP contribution in [0.1, 0.15) is 29.1 Å². The highest BCUT2D eigenvalue weighted by Gasteiger charge is 2.32. The number of benzene rings is 1. The van der Waals surface area contributed by atoms with Gasteiger partial charge in [-0.15, -0.1) is 0 Å². The Balaban J connectivity index is 2.34. The predicted molar refractivity (Wildman–Crippen MR) is 46.4 cm³/mol. The fourth-order valence-electron chi connectivity index (χ4n) is 1.35. The lowest BCUT2D eigenvalue weighted by atomic mass is 10.1. The standard InChI is InChI=1S/C10H8O4/c1-6(11)13-10-8-5-3-2-4-7(8)9(12)14-10/h2-5,10H,1H3. The van der Waals surface area contributed by atoms with Crippen LogP contribution in [0.15, 0.2) is 24.3 Å². The SMILES string of the molecule is CC(=O)OC1OC(=O)c2ccccc21. The third-order valence-corrected chi connectivity index (χ3v) is 1.92. The number of hydrogen-bond acceptors (Lipinski definition) is 4. The molecular weight excluding hydrogens is 184 g/mol. The highest BCUT2D eigenvalue weighted by atomic mass is 16.7. The molecule has 0 bridgehead atoms. The van der Waals surface area contributed by atoms with Gasteiger partial charge in [-0.2, -0.15) is 0 Å². The van der Waals surface area contributed by atoms with Crippen LogP contribution in [0.5, 0.6) is 0 Å². The first-order valence-corrected chi connectivity index (χ1v) is 4.15. The lowest BCUT2D eigenvalue weighted by molar-refractivity contribution is -0.164. The van der Waals surface area contributed by atoms with Crippen LogP contribution in [0.3, 0.4) is 0 Å². The number of carbonyl (C=O) groups is 2. The van der Waals surface area contributed by atoms with E-state index >= 15 is 0 Å². The highest BCUT2D eigenvalue weighted by molar-refractivity contribution is 5.94. The molecule has 4 heteroatoms. The van der Waals surface area contributed by atoms with Crippen molar-refractivity contribution >= 4 is 11.9 Å². The van der Waals surface area contributed by atoms with Crippen molar-refractivity contribution in [3.63, 3.8) is 0 Å². The average Bonchev–Trinajstić information content (AvgIpc) is 2.44. The summed E-state index contributed by atoms with van der Waals surface area (Å²) in [6.45, 7) is 1.27. The fraction of sp³-hybridized carbons (Fsp3) is 0.200. The number of hydrogen-bond donors (Lipinski definition) is 0. The first-order valence-electron chi connectivity index (χ1n) is 4.15. The van der Waals surface area contributed by atoms with E-state index in [1.807, 2.05) is 0 Å². The molecule has 72 valence electrons. The van der Waals surface area contributed by atoms with E-state index in [-0.39, 0.29) is 0 Å². The van der Waals surface area contributed by atoms with Crippen LogP contribution < -0.4 is 0 Å². The van der Waals surface area contributed by atoms with Gasteiger partial charge in [0.1, 0.15) is 0 Å². The molecule has 0 saturated heterocycles. The summed E-state index contributed by atoms with van der Waals surface area (Å²) in [6, 6.07) is 6.84. The minimum Gasteiger partial charge on any atom is -0.421 e. The van der Waals surface area contributed by atoms with Crippen molar-refractivity contribution in [2.45, 2.75) is 13.2 Å². The van der Waals surface area contributed by atoms with E-state index in [1.54, 1.807) is 24.3 Å². The van der Waals surface area contributed by atoms with E-state index in [0.717, 1.165) is 0 Å². The Bertz CT molecular complexity index is 395. The minimum atomic E-state index is -0.879. The summed E-state index contributed by atoms with van der Waals surface area (Å²) in [6.07, 6.45) is -0.879. The molecule has 4 nitrogen and oxygen atoms in total. The molecule has 0 radical (unpaired) electrons. The van der Waals surface area contributed by atoms with Gasteiger partial charge in [-0.25, -0.2) is 4.79 Å². The largest absolute Gasteiger partial charge is 0.421 e. The average molecular weight is 192 g/mol. The summed E-state index contributed by atoms with van der Waals surface area (Å²) in [5.74, 6) is -0.925. The van der Waals surface area contributed by atoms with Gasteiger partial charge in [-0.05, 0) is 6.07 Å². The lowest BCUT2D eigenvalue weighted by Gasteiger charge is -2.09. The molecule has 0 fully saturated rings. The van der Waals surface area contributed by atoms with Crippen molar-refractivity contribution in [2.75, 3.05) is 0 Å². The van der Waals surface area contributed by atoms with Crippen LogP contribution in [-0.4, -0.2) is 11.9 Å². The summed E-state index contributed by atoms with van der Waals surface area (Å²) in [7, 11) is 0. The van der Waals surface area contributed by atoms with Gasteiger partial charge in [0.2, 0.25) is 0 Å². The Morgan fingerprint density at radius 2 is 2.14 bits per heavy atom. The maximum atomic E-state index is 11.2. The maximum Gasteiger partial charge on any atom is 0.342 e. The molecule has 0 saturated carbocycles. The van der Waals surface area contributed by atoms with Gasteiger partial charge < -0.3 is 9.47 Å². The monoisotopic (exact) mass is 192 g/mol. The fourth-order valence-corrected chi connectivity index (χ4v) is 1.35. The molecule has 0 amide bonds. The number of ether oxygens (including phenoxy) is 2. The quantitative estimate of drug-likeness (QED) is 0.631. The van der Waals surface area contributed by atoms with E-state index in [4.69, 9.17) is 9.47 Å². The molecular formula is C10H8O4. The summed E-state index contributed by atoms with van der Waals surface area (Å²) < 4.78 is 9.69. The summed E-state index contributed by atoms with van der Waals surface area (Å²) >= 11 is 0. The second-order valence-corrected chi connectivity index (χ2v) is 2.93. The van der Waals surface area contributed by atoms with E-state index in [0.29, 0.717) is 11.1 Å². The molecule has 1 aliphatic rings. The molecule has 2 rings (SSSR count). The zero-order chi connectivity index (χ0) is 10.1. The van der Waals surface area contributed by atoms with Crippen molar-refractivity contribution in [1.29, 1.82) is 0 Å². The minimum absolute atomic E-state index is 0.452. The van der Waals surface area contributed by atoms with Crippen molar-refractivity contribution in [3.05, 3.63) is 35.4 Å². The van der Waals surface area contributed by atoms with Crippen LogP contribution in [0, 0.1) is 0 Å². The molecule has 1 aromatic rings. The Labute approximate surface area is 80.4 Å². The van der Waals surface area contributed by atoms with Gasteiger partial charge in [0, 0.05) is 12.5 Å². The van der Waals surface area contributed by atoms with Crippen LogP contribution in [0.4, 0.5) is 0 Å². The van der Waals surface area contributed by atoms with E-state index < -0.39 is 18.2 Å². The van der Waals surface area contributed by atoms with Crippen LogP contribution in [0.25, 0.3) is 0 Å². The normalized spacial score (nSPS) is 18.6. The smallest absolute Gasteiger partial charge is 0.342 e. The van der Waals surface area contributed by atoms with Crippen molar-refractivity contribution in [3.8, 4) is 0 Å². The maximum absolute atomic E-state index is 11.2. The number of fused-ring (bicyclic) bond motifs is 1. The van der Waals surface area contributed by atoms with Gasteiger partial charge in [-0.3, -0.25) is 4.79 Å². The van der Waals surface area contributed by atoms with Crippen LogP contribution >= 0.6 is 0 Å². The second-order valence-electron chi connectivity index (χ2n) is 2.93. The number of carbonyl (C=O) groups excluding carboxylic acids is 2. The third-order valence-electron chi connectivity index (χ3n) is 1.92. The van der Waals surface area contributed by atoms with Gasteiger partial charge in [0.15, 0.2) is 0 Å². The molecule has 1 unspecified atom stereocenters. The predicted octanol–water partition coefficient (Wildman–Crippen LogP) is 1.42. The molecule has 1 aromatic carbocycles. The van der Waals surface area contributed by atoms with Crippen molar-refractivity contribution in [2.24, 2.45) is 0 Å². The first kappa shape index (κ1) is 8.74. The van der Waals surface area contributed by atoms with Crippen molar-refractivity contribution < 1.29 is 19.1 Å². The van der Waals surface area contributed by atoms with Crippen LogP contribution in [-0.2, 0) is 14.3 Å². The molecule has 1 heterocycles. The van der Waals surface area contributed by atoms with Gasteiger partial charge in [-0.1, -0.05) is 18.2 Å². The van der Waals surface area contributed by atoms with E-state index in [9.17, 15) is 9.59 Å². The van der Waals surface area contributed by atoms with Gasteiger partial charge >= 0.3 is 11.9 Å². The summed E-state index contributed by atoms with van der Waals surface area (Å²) in [5, 5.41) is 0. The molecule has 0 N–H and O–H groups in total. The number of esters is 2. The Kier molecular flexibility index (Phi) is 1.96. The zero-order valence-electron chi connectivity index (χ0n) is 7.52. The Morgan fingerprint density at radius 3 is 2.86 bits per heavy atom. The molecule has 0 aromatic heterocycles. The zero-order valence-corrected chi connectivity index (χ0v) is 7.52. The topological polar surface area (TPSA) is 52.6 Å². The molecule has 1 atom stereocenters. The van der Waals surface area contributed by atoms with Crippen molar-refractivity contribution in [1.82, 2.24) is 0 Å². The highest BCUT2D eigenvalue weighted by Crippen LogP contribution is 2.30. The first-order chi connectivity index (χ1) is 6.68. The summed E-state index contributed by atoms with van der Waals surface area (Å²) in [5.41, 5.74) is 1.06. The van der Waals surface area contributed by atoms with Crippen LogP contribution in [0.2, 0.25) is 0 Å². The Hall–Kier alpha value is -1.84. The molecule has 1 aliphatic heterocycles. The van der Waals surface area contributed by atoms with Gasteiger partial charge in [0.25, 0.3) is 6.29 Å². The number of rotatable bonds is 1.